The van der Waals surface area contributed by atoms with Crippen molar-refractivity contribution in [1.29, 1.82) is 0 Å². The SMILES string of the molecule is CCC(OC(N)=O)c1cc(-c2nc3ccc(F)cc3n2C2CC2)cnn1. The number of nitrogens with zero attached hydrogens (tertiary/aromatic N) is 4. The summed E-state index contributed by atoms with van der Waals surface area (Å²) in [5, 5.41) is 8.10. The van der Waals surface area contributed by atoms with Gasteiger partial charge in [-0.05, 0) is 43.5 Å². The average Bonchev–Trinajstić information content (AvgIpc) is 3.40. The maximum Gasteiger partial charge on any atom is 0.405 e. The topological polar surface area (TPSA) is 95.9 Å². The zero-order chi connectivity index (χ0) is 18.3. The smallest absolute Gasteiger partial charge is 0.405 e. The van der Waals surface area contributed by atoms with E-state index in [1.807, 2.05) is 6.92 Å². The highest BCUT2D eigenvalue weighted by Gasteiger charge is 2.29. The summed E-state index contributed by atoms with van der Waals surface area (Å²) in [4.78, 5) is 15.8. The first-order valence-electron chi connectivity index (χ1n) is 8.53. The Morgan fingerprint density at radius 1 is 1.42 bits per heavy atom. The first-order chi connectivity index (χ1) is 12.6. The van der Waals surface area contributed by atoms with E-state index in [-0.39, 0.29) is 5.82 Å². The van der Waals surface area contributed by atoms with Gasteiger partial charge in [-0.25, -0.2) is 14.2 Å². The normalized spacial score (nSPS) is 15.2. The second kappa shape index (κ2) is 6.36. The second-order valence-electron chi connectivity index (χ2n) is 6.37. The van der Waals surface area contributed by atoms with Gasteiger partial charge in [0.2, 0.25) is 0 Å². The number of nitrogens with two attached hydrogens (primary N) is 1. The summed E-state index contributed by atoms with van der Waals surface area (Å²) in [5.41, 5.74) is 7.87. The van der Waals surface area contributed by atoms with E-state index >= 15 is 0 Å². The minimum absolute atomic E-state index is 0.291. The van der Waals surface area contributed by atoms with Crippen LogP contribution in [0.2, 0.25) is 0 Å². The largest absolute Gasteiger partial charge is 0.440 e. The molecule has 8 heteroatoms. The summed E-state index contributed by atoms with van der Waals surface area (Å²) in [5.74, 6) is 0.415. The third-order valence-electron chi connectivity index (χ3n) is 4.45. The van der Waals surface area contributed by atoms with E-state index < -0.39 is 12.2 Å². The molecule has 1 atom stereocenters. The van der Waals surface area contributed by atoms with Crippen LogP contribution in [0.5, 0.6) is 0 Å². The van der Waals surface area contributed by atoms with E-state index in [4.69, 9.17) is 10.5 Å². The number of hydrogen-bond acceptors (Lipinski definition) is 5. The summed E-state index contributed by atoms with van der Waals surface area (Å²) in [7, 11) is 0. The van der Waals surface area contributed by atoms with Gasteiger partial charge in [-0.3, -0.25) is 0 Å². The second-order valence-corrected chi connectivity index (χ2v) is 6.37. The maximum absolute atomic E-state index is 13.7. The zero-order valence-corrected chi connectivity index (χ0v) is 14.2. The lowest BCUT2D eigenvalue weighted by Gasteiger charge is -2.14. The van der Waals surface area contributed by atoms with Gasteiger partial charge in [0, 0.05) is 11.6 Å². The maximum atomic E-state index is 13.7. The molecule has 2 heterocycles. The molecule has 1 aliphatic carbocycles. The Labute approximate surface area is 149 Å². The molecule has 1 aromatic carbocycles. The van der Waals surface area contributed by atoms with Crippen LogP contribution in [-0.2, 0) is 4.74 Å². The highest BCUT2D eigenvalue weighted by Crippen LogP contribution is 2.41. The molecule has 7 nitrogen and oxygen atoms in total. The number of aromatic nitrogens is 4. The molecule has 4 rings (SSSR count). The molecule has 134 valence electrons. The Morgan fingerprint density at radius 2 is 2.23 bits per heavy atom. The lowest BCUT2D eigenvalue weighted by molar-refractivity contribution is 0.101. The fraction of sp³-hybridized carbons (Fsp3) is 0.333. The van der Waals surface area contributed by atoms with E-state index in [1.165, 1.54) is 12.1 Å². The fourth-order valence-electron chi connectivity index (χ4n) is 3.13. The summed E-state index contributed by atoms with van der Waals surface area (Å²) in [6.45, 7) is 1.87. The number of fused-ring (bicyclic) bond motifs is 1. The van der Waals surface area contributed by atoms with Crippen LogP contribution in [0.4, 0.5) is 9.18 Å². The number of halogens is 1. The van der Waals surface area contributed by atoms with Crippen molar-refractivity contribution in [2.45, 2.75) is 38.3 Å². The van der Waals surface area contributed by atoms with Gasteiger partial charge in [-0.2, -0.15) is 10.2 Å². The van der Waals surface area contributed by atoms with E-state index in [0.29, 0.717) is 24.0 Å². The first-order valence-corrected chi connectivity index (χ1v) is 8.53. The molecule has 1 amide bonds. The van der Waals surface area contributed by atoms with Crippen molar-refractivity contribution in [3.8, 4) is 11.4 Å². The van der Waals surface area contributed by atoms with E-state index in [1.54, 1.807) is 18.3 Å². The Morgan fingerprint density at radius 3 is 2.92 bits per heavy atom. The van der Waals surface area contributed by atoms with Crippen LogP contribution in [0.1, 0.15) is 44.0 Å². The van der Waals surface area contributed by atoms with Gasteiger partial charge in [0.25, 0.3) is 0 Å². The van der Waals surface area contributed by atoms with Gasteiger partial charge in [-0.1, -0.05) is 6.92 Å². The van der Waals surface area contributed by atoms with Crippen molar-refractivity contribution >= 4 is 17.1 Å². The predicted molar refractivity (Wildman–Crippen MR) is 92.7 cm³/mol. The molecule has 0 radical (unpaired) electrons. The van der Waals surface area contributed by atoms with Gasteiger partial charge in [0.05, 0.1) is 17.2 Å². The number of imidazole rings is 1. The van der Waals surface area contributed by atoms with Crippen molar-refractivity contribution in [2.75, 3.05) is 0 Å². The average molecular weight is 355 g/mol. The highest BCUT2D eigenvalue weighted by atomic mass is 19.1. The minimum atomic E-state index is -0.857. The molecule has 1 fully saturated rings. The third kappa shape index (κ3) is 2.98. The zero-order valence-electron chi connectivity index (χ0n) is 14.2. The van der Waals surface area contributed by atoms with Crippen molar-refractivity contribution in [1.82, 2.24) is 19.7 Å². The van der Waals surface area contributed by atoms with Gasteiger partial charge in [0.15, 0.2) is 0 Å². The number of carbonyl (C=O) groups is 1. The van der Waals surface area contributed by atoms with Crippen LogP contribution in [-0.4, -0.2) is 25.8 Å². The molecular weight excluding hydrogens is 337 g/mol. The summed E-state index contributed by atoms with van der Waals surface area (Å²) in [6.07, 6.45) is 2.76. The molecule has 1 saturated carbocycles. The van der Waals surface area contributed by atoms with E-state index in [2.05, 4.69) is 19.7 Å². The van der Waals surface area contributed by atoms with Crippen LogP contribution in [0.3, 0.4) is 0 Å². The Balaban J connectivity index is 1.82. The highest BCUT2D eigenvalue weighted by molar-refractivity contribution is 5.81. The van der Waals surface area contributed by atoms with Crippen molar-refractivity contribution in [2.24, 2.45) is 5.73 Å². The molecule has 1 unspecified atom stereocenters. The molecule has 2 N–H and O–H groups in total. The third-order valence-corrected chi connectivity index (χ3v) is 4.45. The summed E-state index contributed by atoms with van der Waals surface area (Å²) < 4.78 is 20.9. The molecular formula is C18H18FN5O2. The number of hydrogen-bond donors (Lipinski definition) is 1. The number of rotatable bonds is 5. The fourth-order valence-corrected chi connectivity index (χ4v) is 3.13. The monoisotopic (exact) mass is 355 g/mol. The molecule has 0 bridgehead atoms. The van der Waals surface area contributed by atoms with Crippen LogP contribution < -0.4 is 5.73 Å². The first kappa shape index (κ1) is 16.4. The lowest BCUT2D eigenvalue weighted by Crippen LogP contribution is -2.18. The summed E-state index contributed by atoms with van der Waals surface area (Å²) >= 11 is 0. The molecule has 0 saturated heterocycles. The van der Waals surface area contributed by atoms with Crippen LogP contribution in [0, 0.1) is 5.82 Å². The number of carbonyl (C=O) groups excluding carboxylic acids is 1. The van der Waals surface area contributed by atoms with E-state index in [9.17, 15) is 9.18 Å². The van der Waals surface area contributed by atoms with Crippen molar-refractivity contribution < 1.29 is 13.9 Å². The van der Waals surface area contributed by atoms with E-state index in [0.717, 1.165) is 29.4 Å². The number of ether oxygens (including phenoxy) is 1. The minimum Gasteiger partial charge on any atom is -0.440 e. The predicted octanol–water partition coefficient (Wildman–Crippen LogP) is 3.51. The van der Waals surface area contributed by atoms with Crippen molar-refractivity contribution in [3.63, 3.8) is 0 Å². The van der Waals surface area contributed by atoms with Gasteiger partial charge in [0.1, 0.15) is 23.4 Å². The Kier molecular flexibility index (Phi) is 4.02. The van der Waals surface area contributed by atoms with Crippen LogP contribution in [0.25, 0.3) is 22.4 Å². The Bertz CT molecular complexity index is 983. The van der Waals surface area contributed by atoms with Crippen LogP contribution >= 0.6 is 0 Å². The standard InChI is InChI=1S/C18H18FN5O2/c1-2-16(26-18(20)25)14-7-10(9-21-23-14)17-22-13-6-3-11(19)8-15(13)24(17)12-4-5-12/h3,6-9,12,16H,2,4-5H2,1H3,(H2,20,25). The Hall–Kier alpha value is -3.03. The number of primary amides is 1. The lowest BCUT2D eigenvalue weighted by atomic mass is 10.1. The van der Waals surface area contributed by atoms with Crippen LogP contribution in [0.15, 0.2) is 30.5 Å². The number of benzene rings is 1. The molecule has 3 aromatic rings. The molecule has 26 heavy (non-hydrogen) atoms. The van der Waals surface area contributed by atoms with Gasteiger partial charge in [-0.15, -0.1) is 0 Å². The summed E-state index contributed by atoms with van der Waals surface area (Å²) in [6, 6.07) is 6.68. The molecule has 1 aliphatic rings. The molecule has 2 aromatic heterocycles. The van der Waals surface area contributed by atoms with Gasteiger partial charge < -0.3 is 15.0 Å². The van der Waals surface area contributed by atoms with Crippen molar-refractivity contribution in [3.05, 3.63) is 42.0 Å². The van der Waals surface area contributed by atoms with Gasteiger partial charge >= 0.3 is 6.09 Å². The quantitative estimate of drug-likeness (QED) is 0.755. The number of amides is 1. The molecule has 0 spiro atoms. The molecule has 0 aliphatic heterocycles.